The van der Waals surface area contributed by atoms with Crippen molar-refractivity contribution in [3.8, 4) is 0 Å². The molecule has 0 bridgehead atoms. The lowest BCUT2D eigenvalue weighted by atomic mass is 9.85. The SMILES string of the molecule is Cc1ccc(C(O)(C(=O)N/N=C\c2ccco2)c2ccc(C)cc2)cc1. The quantitative estimate of drug-likeness (QED) is 0.549. The second-order valence-corrected chi connectivity index (χ2v) is 6.16. The molecule has 132 valence electrons. The number of aliphatic hydroxyl groups is 1. The van der Waals surface area contributed by atoms with E-state index in [-0.39, 0.29) is 0 Å². The molecule has 3 aromatic rings. The average molecular weight is 348 g/mol. The number of hydrazone groups is 1. The molecule has 1 aromatic heterocycles. The fraction of sp³-hybridized carbons (Fsp3) is 0.143. The molecule has 0 unspecified atom stereocenters. The smallest absolute Gasteiger partial charge is 0.281 e. The van der Waals surface area contributed by atoms with Gasteiger partial charge in [-0.25, -0.2) is 5.43 Å². The standard InChI is InChI=1S/C21H20N2O3/c1-15-5-9-17(10-6-15)21(25,18-11-7-16(2)8-12-18)20(24)23-22-14-19-4-3-13-26-19/h3-14,25H,1-2H3,(H,23,24)/b22-14-. The molecular weight excluding hydrogens is 328 g/mol. The van der Waals surface area contributed by atoms with Gasteiger partial charge in [-0.3, -0.25) is 4.79 Å². The number of aryl methyl sites for hydroxylation is 2. The van der Waals surface area contributed by atoms with Gasteiger partial charge >= 0.3 is 0 Å². The Morgan fingerprint density at radius 2 is 1.54 bits per heavy atom. The van der Waals surface area contributed by atoms with Crippen LogP contribution in [0.4, 0.5) is 0 Å². The topological polar surface area (TPSA) is 74.8 Å². The summed E-state index contributed by atoms with van der Waals surface area (Å²) in [6, 6.07) is 17.8. The van der Waals surface area contributed by atoms with Crippen LogP contribution in [-0.4, -0.2) is 17.2 Å². The first-order chi connectivity index (χ1) is 12.5. The zero-order chi connectivity index (χ0) is 18.6. The molecule has 0 aliphatic heterocycles. The van der Waals surface area contributed by atoms with Gasteiger partial charge in [0, 0.05) is 0 Å². The predicted molar refractivity (Wildman–Crippen MR) is 99.8 cm³/mol. The summed E-state index contributed by atoms with van der Waals surface area (Å²) in [6.45, 7) is 3.89. The maximum absolute atomic E-state index is 12.9. The lowest BCUT2D eigenvalue weighted by Gasteiger charge is -2.27. The Hall–Kier alpha value is -3.18. The molecule has 2 N–H and O–H groups in total. The van der Waals surface area contributed by atoms with Crippen LogP contribution in [0.2, 0.25) is 0 Å². The van der Waals surface area contributed by atoms with Crippen molar-refractivity contribution in [1.29, 1.82) is 0 Å². The first-order valence-corrected chi connectivity index (χ1v) is 8.24. The lowest BCUT2D eigenvalue weighted by Crippen LogP contribution is -2.43. The second kappa shape index (κ2) is 7.37. The van der Waals surface area contributed by atoms with E-state index in [9.17, 15) is 9.90 Å². The fourth-order valence-electron chi connectivity index (χ4n) is 2.62. The normalized spacial score (nSPS) is 11.7. The molecule has 0 fully saturated rings. The number of amides is 1. The third-order valence-corrected chi connectivity index (χ3v) is 4.17. The van der Waals surface area contributed by atoms with Crippen LogP contribution in [0.15, 0.2) is 76.4 Å². The van der Waals surface area contributed by atoms with Gasteiger partial charge in [-0.2, -0.15) is 5.10 Å². The molecule has 0 saturated carbocycles. The van der Waals surface area contributed by atoms with E-state index in [0.29, 0.717) is 16.9 Å². The monoisotopic (exact) mass is 348 g/mol. The highest BCUT2D eigenvalue weighted by molar-refractivity contribution is 5.90. The summed E-state index contributed by atoms with van der Waals surface area (Å²) in [4.78, 5) is 12.9. The number of nitrogens with zero attached hydrogens (tertiary/aromatic N) is 1. The summed E-state index contributed by atoms with van der Waals surface area (Å²) in [5.41, 5.74) is 3.57. The minimum atomic E-state index is -1.86. The molecule has 5 nitrogen and oxygen atoms in total. The van der Waals surface area contributed by atoms with Gasteiger partial charge in [-0.05, 0) is 37.1 Å². The molecule has 0 radical (unpaired) electrons. The van der Waals surface area contributed by atoms with Crippen LogP contribution in [0, 0.1) is 13.8 Å². The van der Waals surface area contributed by atoms with E-state index in [4.69, 9.17) is 4.42 Å². The van der Waals surface area contributed by atoms with Crippen molar-refractivity contribution in [2.45, 2.75) is 19.4 Å². The van der Waals surface area contributed by atoms with E-state index >= 15 is 0 Å². The first kappa shape index (κ1) is 17.6. The fourth-order valence-corrected chi connectivity index (χ4v) is 2.62. The van der Waals surface area contributed by atoms with E-state index < -0.39 is 11.5 Å². The molecule has 1 amide bonds. The van der Waals surface area contributed by atoms with E-state index in [1.807, 2.05) is 38.1 Å². The van der Waals surface area contributed by atoms with Gasteiger partial charge in [0.15, 0.2) is 5.60 Å². The van der Waals surface area contributed by atoms with Crippen LogP contribution >= 0.6 is 0 Å². The zero-order valence-electron chi connectivity index (χ0n) is 14.6. The van der Waals surface area contributed by atoms with Gasteiger partial charge in [0.1, 0.15) is 5.76 Å². The number of carbonyl (C=O) groups is 1. The minimum Gasteiger partial charge on any atom is -0.463 e. The first-order valence-electron chi connectivity index (χ1n) is 8.24. The van der Waals surface area contributed by atoms with Crippen LogP contribution in [0.5, 0.6) is 0 Å². The van der Waals surface area contributed by atoms with Crippen molar-refractivity contribution < 1.29 is 14.3 Å². The molecule has 0 aliphatic rings. The summed E-state index contributed by atoms with van der Waals surface area (Å²) in [6.07, 6.45) is 2.89. The number of rotatable bonds is 5. The molecule has 0 aliphatic carbocycles. The Bertz CT molecular complexity index is 850. The van der Waals surface area contributed by atoms with Crippen molar-refractivity contribution in [3.63, 3.8) is 0 Å². The maximum atomic E-state index is 12.9. The number of hydrogen-bond donors (Lipinski definition) is 2. The lowest BCUT2D eigenvalue weighted by molar-refractivity contribution is -0.136. The molecule has 1 heterocycles. The summed E-state index contributed by atoms with van der Waals surface area (Å²) in [5, 5.41) is 15.2. The van der Waals surface area contributed by atoms with E-state index in [1.54, 1.807) is 36.4 Å². The second-order valence-electron chi connectivity index (χ2n) is 6.16. The molecule has 26 heavy (non-hydrogen) atoms. The molecule has 2 aromatic carbocycles. The summed E-state index contributed by atoms with van der Waals surface area (Å²) >= 11 is 0. The van der Waals surface area contributed by atoms with Crippen LogP contribution in [0.3, 0.4) is 0 Å². The number of nitrogens with one attached hydrogen (secondary N) is 1. The van der Waals surface area contributed by atoms with Crippen molar-refractivity contribution in [2.24, 2.45) is 5.10 Å². The molecule has 0 spiro atoms. The Labute approximate surface area is 152 Å². The van der Waals surface area contributed by atoms with Crippen molar-refractivity contribution in [3.05, 3.63) is 94.9 Å². The van der Waals surface area contributed by atoms with Gasteiger partial charge in [0.2, 0.25) is 0 Å². The van der Waals surface area contributed by atoms with Crippen LogP contribution < -0.4 is 5.43 Å². The van der Waals surface area contributed by atoms with Gasteiger partial charge in [-0.1, -0.05) is 59.7 Å². The van der Waals surface area contributed by atoms with Crippen LogP contribution in [0.25, 0.3) is 0 Å². The minimum absolute atomic E-state index is 0.470. The summed E-state index contributed by atoms with van der Waals surface area (Å²) in [7, 11) is 0. The molecular formula is C21H20N2O3. The third kappa shape index (κ3) is 3.58. The van der Waals surface area contributed by atoms with Crippen LogP contribution in [-0.2, 0) is 10.4 Å². The largest absolute Gasteiger partial charge is 0.463 e. The van der Waals surface area contributed by atoms with Crippen molar-refractivity contribution in [2.75, 3.05) is 0 Å². The van der Waals surface area contributed by atoms with Gasteiger partial charge in [-0.15, -0.1) is 0 Å². The number of furan rings is 1. The van der Waals surface area contributed by atoms with E-state index in [0.717, 1.165) is 11.1 Å². The Morgan fingerprint density at radius 1 is 1.00 bits per heavy atom. The zero-order valence-corrected chi connectivity index (χ0v) is 14.6. The highest BCUT2D eigenvalue weighted by Crippen LogP contribution is 2.30. The van der Waals surface area contributed by atoms with Crippen molar-refractivity contribution in [1.82, 2.24) is 5.43 Å². The molecule has 3 rings (SSSR count). The van der Waals surface area contributed by atoms with E-state index in [2.05, 4.69) is 10.5 Å². The third-order valence-electron chi connectivity index (χ3n) is 4.17. The summed E-state index contributed by atoms with van der Waals surface area (Å²) in [5.74, 6) is -0.146. The number of benzene rings is 2. The Balaban J connectivity index is 1.95. The van der Waals surface area contributed by atoms with Crippen LogP contribution in [0.1, 0.15) is 28.0 Å². The number of carbonyl (C=O) groups excluding carboxylic acids is 1. The Morgan fingerprint density at radius 3 is 2.00 bits per heavy atom. The highest BCUT2D eigenvalue weighted by Gasteiger charge is 2.40. The molecule has 0 saturated heterocycles. The highest BCUT2D eigenvalue weighted by atomic mass is 16.3. The van der Waals surface area contributed by atoms with Crippen molar-refractivity contribution >= 4 is 12.1 Å². The molecule has 0 atom stereocenters. The van der Waals surface area contributed by atoms with Gasteiger partial charge in [0.05, 0.1) is 12.5 Å². The maximum Gasteiger partial charge on any atom is 0.281 e. The van der Waals surface area contributed by atoms with Gasteiger partial charge < -0.3 is 9.52 Å². The molecule has 5 heteroatoms. The number of hydrogen-bond acceptors (Lipinski definition) is 4. The van der Waals surface area contributed by atoms with E-state index in [1.165, 1.54) is 12.5 Å². The average Bonchev–Trinajstić information content (AvgIpc) is 3.15. The van der Waals surface area contributed by atoms with Gasteiger partial charge in [0.25, 0.3) is 5.91 Å². The predicted octanol–water partition coefficient (Wildman–Crippen LogP) is 3.28. The Kier molecular flexibility index (Phi) is 5.00. The summed E-state index contributed by atoms with van der Waals surface area (Å²) < 4.78 is 5.13.